The summed E-state index contributed by atoms with van der Waals surface area (Å²) in [6, 6.07) is 5.58. The van der Waals surface area contributed by atoms with Crippen LogP contribution in [0.5, 0.6) is 0 Å². The van der Waals surface area contributed by atoms with E-state index in [-0.39, 0.29) is 0 Å². The first-order valence-electron chi connectivity index (χ1n) is 4.25. The second kappa shape index (κ2) is 4.96. The van der Waals surface area contributed by atoms with Gasteiger partial charge in [-0.15, -0.1) is 6.58 Å². The van der Waals surface area contributed by atoms with Crippen LogP contribution in [0.2, 0.25) is 0 Å². The van der Waals surface area contributed by atoms with Crippen molar-refractivity contribution in [3.8, 4) is 0 Å². The van der Waals surface area contributed by atoms with E-state index in [0.29, 0.717) is 5.56 Å². The number of benzene rings is 1. The van der Waals surface area contributed by atoms with E-state index in [4.69, 9.17) is 0 Å². The molecule has 0 fully saturated rings. The SMILES string of the molecule is C=CCN(C)c1cc(Br)ccc1C=O. The number of anilines is 1. The molecule has 0 aliphatic rings. The van der Waals surface area contributed by atoms with Crippen molar-refractivity contribution < 1.29 is 4.79 Å². The summed E-state index contributed by atoms with van der Waals surface area (Å²) in [6.45, 7) is 4.38. The summed E-state index contributed by atoms with van der Waals surface area (Å²) in [5, 5.41) is 0. The molecule has 0 unspecified atom stereocenters. The van der Waals surface area contributed by atoms with E-state index < -0.39 is 0 Å². The molecule has 1 aromatic rings. The molecule has 0 atom stereocenters. The molecular formula is C11H12BrNO. The highest BCUT2D eigenvalue weighted by Gasteiger charge is 2.05. The Bertz CT molecular complexity index is 349. The number of carbonyl (C=O) groups excluding carboxylic acids is 1. The van der Waals surface area contributed by atoms with Gasteiger partial charge in [0, 0.05) is 29.3 Å². The van der Waals surface area contributed by atoms with Gasteiger partial charge in [-0.2, -0.15) is 0 Å². The number of carbonyl (C=O) groups is 1. The van der Waals surface area contributed by atoms with Crippen LogP contribution >= 0.6 is 15.9 Å². The van der Waals surface area contributed by atoms with Crippen LogP contribution in [0, 0.1) is 0 Å². The summed E-state index contributed by atoms with van der Waals surface area (Å²) in [5.41, 5.74) is 1.60. The second-order valence-corrected chi connectivity index (χ2v) is 3.91. The summed E-state index contributed by atoms with van der Waals surface area (Å²) in [4.78, 5) is 12.8. The van der Waals surface area contributed by atoms with E-state index in [1.54, 1.807) is 12.1 Å². The van der Waals surface area contributed by atoms with Crippen LogP contribution in [0.1, 0.15) is 10.4 Å². The maximum Gasteiger partial charge on any atom is 0.152 e. The van der Waals surface area contributed by atoms with Gasteiger partial charge in [0.1, 0.15) is 0 Å². The quantitative estimate of drug-likeness (QED) is 0.608. The van der Waals surface area contributed by atoms with Crippen LogP contribution in [0.15, 0.2) is 35.3 Å². The van der Waals surface area contributed by atoms with Crippen LogP contribution in [0.25, 0.3) is 0 Å². The zero-order valence-electron chi connectivity index (χ0n) is 8.03. The largest absolute Gasteiger partial charge is 0.370 e. The predicted octanol–water partition coefficient (Wildman–Crippen LogP) is 2.88. The standard InChI is InChI=1S/C11H12BrNO/c1-3-6-13(2)11-7-10(12)5-4-9(11)8-14/h3-5,7-8H,1,6H2,2H3. The van der Waals surface area contributed by atoms with Gasteiger partial charge in [-0.3, -0.25) is 4.79 Å². The third-order valence-electron chi connectivity index (χ3n) is 1.93. The minimum absolute atomic E-state index is 0.692. The molecule has 1 rings (SSSR count). The third kappa shape index (κ3) is 2.45. The lowest BCUT2D eigenvalue weighted by Gasteiger charge is -2.19. The lowest BCUT2D eigenvalue weighted by atomic mass is 10.2. The fourth-order valence-electron chi connectivity index (χ4n) is 1.24. The Hall–Kier alpha value is -1.09. The van der Waals surface area contributed by atoms with Gasteiger partial charge in [0.2, 0.25) is 0 Å². The number of hydrogen-bond donors (Lipinski definition) is 0. The molecule has 2 nitrogen and oxygen atoms in total. The number of rotatable bonds is 4. The van der Waals surface area contributed by atoms with Crippen molar-refractivity contribution in [2.45, 2.75) is 0 Å². The van der Waals surface area contributed by atoms with Crippen LogP contribution in [0.3, 0.4) is 0 Å². The fourth-order valence-corrected chi connectivity index (χ4v) is 1.59. The Labute approximate surface area is 92.4 Å². The molecule has 0 saturated carbocycles. The van der Waals surface area contributed by atoms with Crippen molar-refractivity contribution in [1.82, 2.24) is 0 Å². The lowest BCUT2D eigenvalue weighted by Crippen LogP contribution is -2.18. The van der Waals surface area contributed by atoms with Gasteiger partial charge >= 0.3 is 0 Å². The molecule has 0 aliphatic carbocycles. The molecule has 14 heavy (non-hydrogen) atoms. The summed E-state index contributed by atoms with van der Waals surface area (Å²) >= 11 is 3.38. The Kier molecular flexibility index (Phi) is 3.89. The molecule has 0 aliphatic heterocycles. The van der Waals surface area contributed by atoms with E-state index in [2.05, 4.69) is 22.5 Å². The molecule has 0 bridgehead atoms. The Morgan fingerprint density at radius 2 is 2.29 bits per heavy atom. The van der Waals surface area contributed by atoms with Crippen LogP contribution in [-0.4, -0.2) is 19.9 Å². The van der Waals surface area contributed by atoms with Crippen molar-refractivity contribution in [2.75, 3.05) is 18.5 Å². The van der Waals surface area contributed by atoms with E-state index in [1.807, 2.05) is 24.1 Å². The monoisotopic (exact) mass is 253 g/mol. The summed E-state index contributed by atoms with van der Waals surface area (Å²) in [7, 11) is 1.93. The van der Waals surface area contributed by atoms with Crippen LogP contribution < -0.4 is 4.90 Å². The fraction of sp³-hybridized carbons (Fsp3) is 0.182. The number of halogens is 1. The first-order valence-corrected chi connectivity index (χ1v) is 5.05. The molecule has 74 valence electrons. The molecule has 0 spiro atoms. The van der Waals surface area contributed by atoms with Crippen molar-refractivity contribution in [3.05, 3.63) is 40.9 Å². The third-order valence-corrected chi connectivity index (χ3v) is 2.43. The van der Waals surface area contributed by atoms with E-state index >= 15 is 0 Å². The van der Waals surface area contributed by atoms with E-state index in [9.17, 15) is 4.79 Å². The average molecular weight is 254 g/mol. The highest BCUT2D eigenvalue weighted by Crippen LogP contribution is 2.22. The first-order chi connectivity index (χ1) is 6.69. The zero-order valence-corrected chi connectivity index (χ0v) is 9.62. The maximum atomic E-state index is 10.8. The normalized spacial score (nSPS) is 9.57. The molecule has 0 saturated heterocycles. The topological polar surface area (TPSA) is 20.3 Å². The van der Waals surface area contributed by atoms with E-state index in [1.165, 1.54) is 0 Å². The number of hydrogen-bond acceptors (Lipinski definition) is 2. The highest BCUT2D eigenvalue weighted by atomic mass is 79.9. The van der Waals surface area contributed by atoms with Gasteiger partial charge in [-0.05, 0) is 18.2 Å². The van der Waals surface area contributed by atoms with Gasteiger partial charge < -0.3 is 4.90 Å². The minimum atomic E-state index is 0.692. The number of likely N-dealkylation sites (N-methyl/N-ethyl adjacent to an activating group) is 1. The molecule has 3 heteroatoms. The lowest BCUT2D eigenvalue weighted by molar-refractivity contribution is 0.112. The second-order valence-electron chi connectivity index (χ2n) is 2.99. The van der Waals surface area contributed by atoms with Crippen LogP contribution in [-0.2, 0) is 0 Å². The molecule has 0 N–H and O–H groups in total. The first kappa shape index (κ1) is 11.0. The Morgan fingerprint density at radius 3 is 2.86 bits per heavy atom. The molecular weight excluding hydrogens is 242 g/mol. The van der Waals surface area contributed by atoms with Crippen molar-refractivity contribution in [3.63, 3.8) is 0 Å². The van der Waals surface area contributed by atoms with Gasteiger partial charge in [0.25, 0.3) is 0 Å². The van der Waals surface area contributed by atoms with Gasteiger partial charge in [0.15, 0.2) is 6.29 Å². The minimum Gasteiger partial charge on any atom is -0.370 e. The molecule has 0 radical (unpaired) electrons. The zero-order chi connectivity index (χ0) is 10.6. The van der Waals surface area contributed by atoms with Gasteiger partial charge in [-0.25, -0.2) is 0 Å². The molecule has 0 amide bonds. The Morgan fingerprint density at radius 1 is 1.57 bits per heavy atom. The average Bonchev–Trinajstić information content (AvgIpc) is 2.18. The number of nitrogens with zero attached hydrogens (tertiary/aromatic N) is 1. The van der Waals surface area contributed by atoms with Crippen molar-refractivity contribution in [1.29, 1.82) is 0 Å². The smallest absolute Gasteiger partial charge is 0.152 e. The van der Waals surface area contributed by atoms with Gasteiger partial charge in [0.05, 0.1) is 0 Å². The Balaban J connectivity index is 3.09. The predicted molar refractivity (Wildman–Crippen MR) is 63.0 cm³/mol. The summed E-state index contributed by atoms with van der Waals surface area (Å²) in [5.74, 6) is 0. The number of aldehydes is 1. The van der Waals surface area contributed by atoms with Crippen molar-refractivity contribution in [2.24, 2.45) is 0 Å². The summed E-state index contributed by atoms with van der Waals surface area (Å²) < 4.78 is 0.967. The van der Waals surface area contributed by atoms with Crippen molar-refractivity contribution >= 4 is 27.9 Å². The molecule has 1 aromatic carbocycles. The van der Waals surface area contributed by atoms with Crippen LogP contribution in [0.4, 0.5) is 5.69 Å². The summed E-state index contributed by atoms with van der Waals surface area (Å²) in [6.07, 6.45) is 2.66. The maximum absolute atomic E-state index is 10.8. The van der Waals surface area contributed by atoms with E-state index in [0.717, 1.165) is 23.0 Å². The van der Waals surface area contributed by atoms with Gasteiger partial charge in [-0.1, -0.05) is 22.0 Å². The molecule has 0 heterocycles. The highest BCUT2D eigenvalue weighted by molar-refractivity contribution is 9.10. The molecule has 0 aromatic heterocycles.